The number of aromatic nitrogens is 4. The van der Waals surface area contributed by atoms with E-state index in [0.29, 0.717) is 29.5 Å². The minimum Gasteiger partial charge on any atom is -0.461 e. The van der Waals surface area contributed by atoms with Gasteiger partial charge in [-0.1, -0.05) is 0 Å². The summed E-state index contributed by atoms with van der Waals surface area (Å²) in [6, 6.07) is 5.24. The first-order valence-electron chi connectivity index (χ1n) is 14.8. The highest BCUT2D eigenvalue weighted by Crippen LogP contribution is 2.33. The maximum absolute atomic E-state index is 14.7. The first kappa shape index (κ1) is 33.6. The van der Waals surface area contributed by atoms with E-state index in [9.17, 15) is 27.2 Å². The average molecular weight is 662 g/mol. The second-order valence-electron chi connectivity index (χ2n) is 12.3. The number of alkyl halides is 3. The molecule has 1 aliphatic heterocycles. The summed E-state index contributed by atoms with van der Waals surface area (Å²) in [6.45, 7) is 8.75. The maximum Gasteiger partial charge on any atom is 0.522 e. The second kappa shape index (κ2) is 12.8. The summed E-state index contributed by atoms with van der Waals surface area (Å²) < 4.78 is 68.2. The number of rotatable bonds is 7. The summed E-state index contributed by atoms with van der Waals surface area (Å²) in [5.74, 6) is -1.24. The van der Waals surface area contributed by atoms with Gasteiger partial charge in [-0.2, -0.15) is 10.1 Å². The van der Waals surface area contributed by atoms with Crippen LogP contribution in [0.2, 0.25) is 0 Å². The summed E-state index contributed by atoms with van der Waals surface area (Å²) in [5.41, 5.74) is 0.572. The number of nitrogens with one attached hydrogen (secondary N) is 1. The molecule has 12 nitrogen and oxygen atoms in total. The van der Waals surface area contributed by atoms with Gasteiger partial charge in [0.25, 0.3) is 5.91 Å². The summed E-state index contributed by atoms with van der Waals surface area (Å²) in [4.78, 5) is 38.9. The topological polar surface area (TPSA) is 124 Å². The molecule has 0 spiro atoms. The Labute approximate surface area is 267 Å². The molecule has 2 aromatic carbocycles. The van der Waals surface area contributed by atoms with Crippen molar-refractivity contribution in [1.29, 1.82) is 0 Å². The fraction of sp³-hybridized carbons (Fsp3) is 0.452. The first-order chi connectivity index (χ1) is 22.0. The largest absolute Gasteiger partial charge is 0.522 e. The van der Waals surface area contributed by atoms with E-state index in [-0.39, 0.29) is 40.4 Å². The Morgan fingerprint density at radius 3 is 2.40 bits per heavy atom. The van der Waals surface area contributed by atoms with Crippen molar-refractivity contribution in [2.45, 2.75) is 58.7 Å². The van der Waals surface area contributed by atoms with Crippen LogP contribution in [0.3, 0.4) is 0 Å². The van der Waals surface area contributed by atoms with Gasteiger partial charge >= 0.3 is 18.5 Å². The molecule has 0 unspecified atom stereocenters. The van der Waals surface area contributed by atoms with Gasteiger partial charge in [-0.15, -0.1) is 13.2 Å². The molecule has 4 aromatic rings. The number of ether oxygens (including phenoxy) is 3. The lowest BCUT2D eigenvalue weighted by atomic mass is 10.0. The second-order valence-corrected chi connectivity index (χ2v) is 12.3. The third-order valence-electron chi connectivity index (χ3n) is 7.33. The summed E-state index contributed by atoms with van der Waals surface area (Å²) in [5, 5.41) is 7.71. The fourth-order valence-corrected chi connectivity index (χ4v) is 5.58. The van der Waals surface area contributed by atoms with Crippen LogP contribution < -0.4 is 15.0 Å². The lowest BCUT2D eigenvalue weighted by molar-refractivity contribution is -0.325. The van der Waals surface area contributed by atoms with Crippen LogP contribution in [-0.2, 0) is 16.5 Å². The number of halogens is 4. The maximum atomic E-state index is 14.7. The van der Waals surface area contributed by atoms with Gasteiger partial charge in [0.15, 0.2) is 5.82 Å². The average Bonchev–Trinajstić information content (AvgIpc) is 3.33. The minimum absolute atomic E-state index is 0.0859. The number of aryl methyl sites for hydroxylation is 1. The molecule has 0 radical (unpaired) electrons. The molecule has 16 heteroatoms. The van der Waals surface area contributed by atoms with Crippen LogP contribution in [0, 0.1) is 5.82 Å². The summed E-state index contributed by atoms with van der Waals surface area (Å²) in [6.07, 6.45) is -2.21. The lowest BCUT2D eigenvalue weighted by Crippen LogP contribution is -2.59. The van der Waals surface area contributed by atoms with Crippen LogP contribution in [0.4, 0.5) is 33.7 Å². The summed E-state index contributed by atoms with van der Waals surface area (Å²) in [7, 11) is 1.65. The first-order valence-corrected chi connectivity index (χ1v) is 14.8. The molecule has 47 heavy (non-hydrogen) atoms. The van der Waals surface area contributed by atoms with E-state index in [1.54, 1.807) is 57.1 Å². The van der Waals surface area contributed by atoms with Crippen LogP contribution in [0.1, 0.15) is 45.0 Å². The van der Waals surface area contributed by atoms with Crippen LogP contribution in [-0.4, -0.2) is 87.0 Å². The van der Waals surface area contributed by atoms with Gasteiger partial charge in [0, 0.05) is 54.7 Å². The van der Waals surface area contributed by atoms with Crippen molar-refractivity contribution in [3.05, 3.63) is 48.0 Å². The quantitative estimate of drug-likeness (QED) is 0.198. The van der Waals surface area contributed by atoms with Gasteiger partial charge in [0.1, 0.15) is 17.7 Å². The van der Waals surface area contributed by atoms with Crippen molar-refractivity contribution in [2.75, 3.05) is 36.5 Å². The molecule has 0 bridgehead atoms. The van der Waals surface area contributed by atoms with Gasteiger partial charge < -0.3 is 19.7 Å². The highest BCUT2D eigenvalue weighted by Gasteiger charge is 2.36. The van der Waals surface area contributed by atoms with E-state index in [4.69, 9.17) is 9.47 Å². The van der Waals surface area contributed by atoms with Crippen LogP contribution >= 0.6 is 0 Å². The minimum atomic E-state index is -4.83. The Kier molecular flexibility index (Phi) is 9.17. The molecule has 5 rings (SSSR count). The van der Waals surface area contributed by atoms with Crippen molar-refractivity contribution in [2.24, 2.45) is 7.05 Å². The SMILES string of the molecule is C[C@@H]1CN(c2ccc(C(=O)Nc3cc(F)c4nn(C)cc4c3)c3nc(OCCOC(F)(F)F)ncc23)C[C@H](C)N1C(=O)OC(C)(C)C. The number of hydrogen-bond acceptors (Lipinski definition) is 9. The zero-order valence-corrected chi connectivity index (χ0v) is 26.7. The van der Waals surface area contributed by atoms with E-state index in [1.807, 2.05) is 18.7 Å². The van der Waals surface area contributed by atoms with Crippen molar-refractivity contribution in [3.8, 4) is 6.01 Å². The predicted octanol–water partition coefficient (Wildman–Crippen LogP) is 5.66. The lowest BCUT2D eigenvalue weighted by Gasteiger charge is -2.45. The molecule has 2 aromatic heterocycles. The Hall–Kier alpha value is -4.73. The molecule has 3 heterocycles. The Bertz CT molecular complexity index is 1800. The van der Waals surface area contributed by atoms with Crippen LogP contribution in [0.25, 0.3) is 21.8 Å². The number of nitrogens with zero attached hydrogens (tertiary/aromatic N) is 6. The van der Waals surface area contributed by atoms with Crippen LogP contribution in [0.15, 0.2) is 36.7 Å². The molecule has 252 valence electrons. The van der Waals surface area contributed by atoms with Gasteiger partial charge in [0.05, 0.1) is 29.8 Å². The van der Waals surface area contributed by atoms with Crippen molar-refractivity contribution >= 4 is 45.2 Å². The number of fused-ring (bicyclic) bond motifs is 2. The van der Waals surface area contributed by atoms with Gasteiger partial charge in [-0.05, 0) is 58.9 Å². The zero-order valence-electron chi connectivity index (χ0n) is 26.7. The number of carbonyl (C=O) groups is 2. The third kappa shape index (κ3) is 7.81. The Morgan fingerprint density at radius 2 is 1.74 bits per heavy atom. The molecule has 0 saturated carbocycles. The molecule has 2 amide bonds. The molecule has 1 N–H and O–H groups in total. The monoisotopic (exact) mass is 661 g/mol. The molecule has 1 saturated heterocycles. The van der Waals surface area contributed by atoms with Crippen LogP contribution in [0.5, 0.6) is 6.01 Å². The molecule has 2 atom stereocenters. The highest BCUT2D eigenvalue weighted by atomic mass is 19.4. The van der Waals surface area contributed by atoms with E-state index in [2.05, 4.69) is 25.1 Å². The van der Waals surface area contributed by atoms with Gasteiger partial charge in [-0.3, -0.25) is 19.1 Å². The normalized spacial score (nSPS) is 17.3. The highest BCUT2D eigenvalue weighted by molar-refractivity contribution is 6.14. The number of amides is 2. The van der Waals surface area contributed by atoms with E-state index < -0.39 is 43.0 Å². The van der Waals surface area contributed by atoms with Crippen molar-refractivity contribution in [3.63, 3.8) is 0 Å². The molecule has 1 fully saturated rings. The summed E-state index contributed by atoms with van der Waals surface area (Å²) >= 11 is 0. The fourth-order valence-electron chi connectivity index (χ4n) is 5.58. The molecule has 1 aliphatic rings. The predicted molar refractivity (Wildman–Crippen MR) is 165 cm³/mol. The zero-order chi connectivity index (χ0) is 34.3. The molecular formula is C31H35F4N7O5. The number of benzene rings is 2. The Morgan fingerprint density at radius 1 is 1.04 bits per heavy atom. The van der Waals surface area contributed by atoms with E-state index in [1.165, 1.54) is 10.9 Å². The molecular weight excluding hydrogens is 626 g/mol. The van der Waals surface area contributed by atoms with Gasteiger partial charge in [-0.25, -0.2) is 14.2 Å². The number of carbonyl (C=O) groups excluding carboxylic acids is 2. The smallest absolute Gasteiger partial charge is 0.461 e. The van der Waals surface area contributed by atoms with Gasteiger partial charge in [0.2, 0.25) is 0 Å². The van der Waals surface area contributed by atoms with Crippen molar-refractivity contribution < 1.29 is 41.4 Å². The standard InChI is InChI=1S/C31H35F4N7O5/c1-17-14-41(15-18(2)42(17)29(44)47-30(3,4)5)24-8-7-21(26-22(24)13-36-28(38-26)45-9-10-46-31(33,34)35)27(43)37-20-11-19-16-40(6)39-25(19)23(32)12-20/h7-8,11-13,16-18H,9-10,14-15H2,1-6H3,(H,37,43)/t17-,18+. The third-order valence-corrected chi connectivity index (χ3v) is 7.33. The number of piperazine rings is 1. The Balaban J connectivity index is 1.46. The number of anilines is 2. The van der Waals surface area contributed by atoms with Crippen molar-refractivity contribution in [1.82, 2.24) is 24.6 Å². The van der Waals surface area contributed by atoms with E-state index in [0.717, 1.165) is 6.07 Å². The molecule has 0 aliphatic carbocycles. The number of hydrogen-bond donors (Lipinski definition) is 1. The van der Waals surface area contributed by atoms with E-state index >= 15 is 0 Å².